The molecule has 0 bridgehead atoms. The van der Waals surface area contributed by atoms with Crippen molar-refractivity contribution in [1.82, 2.24) is 9.97 Å². The van der Waals surface area contributed by atoms with Gasteiger partial charge in [0, 0.05) is 29.1 Å². The molecule has 4 N–H and O–H groups in total. The van der Waals surface area contributed by atoms with Gasteiger partial charge in [0.1, 0.15) is 30.0 Å². The Morgan fingerprint density at radius 3 is 2.81 bits per heavy atom. The highest BCUT2D eigenvalue weighted by Crippen LogP contribution is 2.39. The van der Waals surface area contributed by atoms with E-state index in [-0.39, 0.29) is 30.3 Å². The van der Waals surface area contributed by atoms with Crippen LogP contribution < -0.4 is 16.0 Å². The minimum Gasteiger partial charge on any atom is -0.383 e. The van der Waals surface area contributed by atoms with Gasteiger partial charge in [-0.1, -0.05) is 55.1 Å². The first kappa shape index (κ1) is 24.1. The summed E-state index contributed by atoms with van der Waals surface area (Å²) in [6.07, 6.45) is 6.89. The van der Waals surface area contributed by atoms with Crippen molar-refractivity contribution in [3.63, 3.8) is 0 Å². The Bertz CT molecular complexity index is 1500. The van der Waals surface area contributed by atoms with Crippen molar-refractivity contribution >= 4 is 34.8 Å². The van der Waals surface area contributed by atoms with Gasteiger partial charge in [-0.3, -0.25) is 5.41 Å². The van der Waals surface area contributed by atoms with E-state index in [0.29, 0.717) is 28.2 Å². The van der Waals surface area contributed by atoms with Crippen molar-refractivity contribution in [2.24, 2.45) is 0 Å². The Morgan fingerprint density at radius 1 is 1.22 bits per heavy atom. The molecule has 0 spiro atoms. The summed E-state index contributed by atoms with van der Waals surface area (Å²) in [4.78, 5) is 10.3. The van der Waals surface area contributed by atoms with Crippen LogP contribution in [0.15, 0.2) is 84.9 Å². The molecular formula is C29H26F2N6. The number of nitrogens with zero attached hydrogens (tertiary/aromatic N) is 3. The Kier molecular flexibility index (Phi) is 6.40. The van der Waals surface area contributed by atoms with Gasteiger partial charge >= 0.3 is 0 Å². The zero-order valence-corrected chi connectivity index (χ0v) is 20.3. The van der Waals surface area contributed by atoms with Crippen LogP contribution in [0.3, 0.4) is 0 Å². The number of aromatic nitrogens is 2. The fourth-order valence-electron chi connectivity index (χ4n) is 4.68. The lowest BCUT2D eigenvalue weighted by atomic mass is 9.95. The second-order valence-electron chi connectivity index (χ2n) is 8.92. The molecule has 2 heterocycles. The standard InChI is InChI=1S/C29H26F2N6/c1-17-7-3-4-12-24(17)37-18(2)25-19(8-6-11-23(25)31)14-22(37)15-34-29-26(28(33)35-16-36-29)27(32)20-9-5-10-21(30)13-20/h3-12,14,16,21,32H,2,13,15H2,1H3,(H3,33,34,35,36). The Balaban J connectivity index is 1.53. The molecule has 1 aromatic heterocycles. The summed E-state index contributed by atoms with van der Waals surface area (Å²) < 4.78 is 28.8. The first-order valence-corrected chi connectivity index (χ1v) is 11.8. The number of nitrogens with one attached hydrogen (secondary N) is 2. The highest BCUT2D eigenvalue weighted by Gasteiger charge is 2.27. The lowest BCUT2D eigenvalue weighted by molar-refractivity contribution is 0.398. The van der Waals surface area contributed by atoms with Crippen LogP contribution in [0, 0.1) is 18.2 Å². The van der Waals surface area contributed by atoms with Crippen LogP contribution in [0.1, 0.15) is 28.7 Å². The molecule has 0 fully saturated rings. The number of para-hydroxylation sites is 1. The van der Waals surface area contributed by atoms with Crippen LogP contribution >= 0.6 is 0 Å². The van der Waals surface area contributed by atoms with E-state index < -0.39 is 6.17 Å². The van der Waals surface area contributed by atoms with E-state index in [1.54, 1.807) is 18.2 Å². The van der Waals surface area contributed by atoms with E-state index in [1.807, 2.05) is 48.2 Å². The van der Waals surface area contributed by atoms with Crippen molar-refractivity contribution < 1.29 is 8.78 Å². The van der Waals surface area contributed by atoms with E-state index in [0.717, 1.165) is 22.5 Å². The number of benzene rings is 2. The predicted octanol–water partition coefficient (Wildman–Crippen LogP) is 6.04. The number of hydrogen-bond donors (Lipinski definition) is 3. The van der Waals surface area contributed by atoms with Crippen LogP contribution in [0.2, 0.25) is 0 Å². The molecule has 2 aliphatic rings. The normalized spacial score (nSPS) is 16.7. The molecule has 1 unspecified atom stereocenters. The summed E-state index contributed by atoms with van der Waals surface area (Å²) in [6, 6.07) is 12.8. The molecule has 8 heteroatoms. The van der Waals surface area contributed by atoms with Gasteiger partial charge in [-0.25, -0.2) is 18.7 Å². The Hall–Kier alpha value is -4.59. The summed E-state index contributed by atoms with van der Waals surface area (Å²) in [6.45, 7) is 6.49. The van der Waals surface area contributed by atoms with E-state index in [1.165, 1.54) is 18.5 Å². The van der Waals surface area contributed by atoms with Gasteiger partial charge in [0.05, 0.1) is 17.8 Å². The number of nitrogens with two attached hydrogens (primary N) is 1. The van der Waals surface area contributed by atoms with Gasteiger partial charge in [0.15, 0.2) is 0 Å². The number of anilines is 3. The van der Waals surface area contributed by atoms with Crippen molar-refractivity contribution in [2.75, 3.05) is 22.5 Å². The summed E-state index contributed by atoms with van der Waals surface area (Å²) >= 11 is 0. The topological polar surface area (TPSA) is 90.9 Å². The molecule has 6 nitrogen and oxygen atoms in total. The molecule has 1 atom stereocenters. The maximum atomic E-state index is 14.9. The smallest absolute Gasteiger partial charge is 0.141 e. The maximum absolute atomic E-state index is 14.9. The lowest BCUT2D eigenvalue weighted by Crippen LogP contribution is -2.29. The Morgan fingerprint density at radius 2 is 2.03 bits per heavy atom. The van der Waals surface area contributed by atoms with Gasteiger partial charge in [0.25, 0.3) is 0 Å². The first-order chi connectivity index (χ1) is 17.8. The molecule has 0 amide bonds. The van der Waals surface area contributed by atoms with Gasteiger partial charge in [-0.15, -0.1) is 0 Å². The van der Waals surface area contributed by atoms with Gasteiger partial charge in [-0.2, -0.15) is 0 Å². The SMILES string of the molecule is C=C1c2c(F)cccc2C=C(CNc2ncnc(N)c2C(=N)C2=CC=CC(F)C2)N1c1ccccc1C. The summed E-state index contributed by atoms with van der Waals surface area (Å²) in [7, 11) is 0. The molecule has 5 rings (SSSR count). The van der Waals surface area contributed by atoms with E-state index in [4.69, 9.17) is 11.1 Å². The molecular weight excluding hydrogens is 470 g/mol. The lowest BCUT2D eigenvalue weighted by Gasteiger charge is -2.35. The average Bonchev–Trinajstić information content (AvgIpc) is 2.88. The van der Waals surface area contributed by atoms with Crippen LogP contribution in [-0.4, -0.2) is 28.4 Å². The zero-order valence-electron chi connectivity index (χ0n) is 20.3. The van der Waals surface area contributed by atoms with Gasteiger partial charge in [0.2, 0.25) is 0 Å². The second kappa shape index (κ2) is 9.81. The van der Waals surface area contributed by atoms with Crippen LogP contribution in [0.5, 0.6) is 0 Å². The molecule has 3 aromatic rings. The molecule has 0 saturated carbocycles. The average molecular weight is 497 g/mol. The summed E-state index contributed by atoms with van der Waals surface area (Å²) in [5.74, 6) is 0.132. The third-order valence-corrected chi connectivity index (χ3v) is 6.49. The largest absolute Gasteiger partial charge is 0.383 e. The maximum Gasteiger partial charge on any atom is 0.141 e. The van der Waals surface area contributed by atoms with Gasteiger partial charge in [-0.05, 0) is 41.8 Å². The van der Waals surface area contributed by atoms with Crippen LogP contribution in [-0.2, 0) is 0 Å². The minimum atomic E-state index is -1.16. The number of rotatable bonds is 6. The number of nitrogen functional groups attached to an aromatic ring is 1. The highest BCUT2D eigenvalue weighted by molar-refractivity contribution is 6.16. The minimum absolute atomic E-state index is 0.0674. The quantitative estimate of drug-likeness (QED) is 0.362. The van der Waals surface area contributed by atoms with Crippen LogP contribution in [0.25, 0.3) is 11.8 Å². The first-order valence-electron chi connectivity index (χ1n) is 11.8. The number of alkyl halides is 1. The van der Waals surface area contributed by atoms with Gasteiger partial charge < -0.3 is 16.0 Å². The highest BCUT2D eigenvalue weighted by atomic mass is 19.1. The van der Waals surface area contributed by atoms with E-state index >= 15 is 0 Å². The Labute approximate surface area is 214 Å². The van der Waals surface area contributed by atoms with Crippen LogP contribution in [0.4, 0.5) is 26.1 Å². The van der Waals surface area contributed by atoms with Crippen molar-refractivity contribution in [3.05, 3.63) is 113 Å². The molecule has 0 radical (unpaired) electrons. The number of aryl methyl sites for hydroxylation is 1. The molecule has 186 valence electrons. The zero-order chi connectivity index (χ0) is 26.1. The summed E-state index contributed by atoms with van der Waals surface area (Å²) in [5.41, 5.74) is 11.4. The fourth-order valence-corrected chi connectivity index (χ4v) is 4.68. The summed E-state index contributed by atoms with van der Waals surface area (Å²) in [5, 5.41) is 12.0. The number of halogens is 2. The molecule has 0 saturated heterocycles. The second-order valence-corrected chi connectivity index (χ2v) is 8.92. The number of allylic oxidation sites excluding steroid dienone is 4. The van der Waals surface area contributed by atoms with E-state index in [9.17, 15) is 8.78 Å². The fraction of sp³-hybridized carbons (Fsp3) is 0.138. The molecule has 1 aliphatic heterocycles. The number of fused-ring (bicyclic) bond motifs is 1. The number of hydrogen-bond acceptors (Lipinski definition) is 6. The third-order valence-electron chi connectivity index (χ3n) is 6.49. The van der Waals surface area contributed by atoms with Crippen molar-refractivity contribution in [3.8, 4) is 0 Å². The van der Waals surface area contributed by atoms with Crippen molar-refractivity contribution in [1.29, 1.82) is 5.41 Å². The van der Waals surface area contributed by atoms with E-state index in [2.05, 4.69) is 21.9 Å². The van der Waals surface area contributed by atoms with Crippen molar-refractivity contribution in [2.45, 2.75) is 19.5 Å². The molecule has 2 aromatic carbocycles. The third kappa shape index (κ3) is 4.53. The molecule has 1 aliphatic carbocycles. The predicted molar refractivity (Wildman–Crippen MR) is 146 cm³/mol. The monoisotopic (exact) mass is 496 g/mol. The molecule has 37 heavy (non-hydrogen) atoms.